The van der Waals surface area contributed by atoms with Gasteiger partial charge in [0.05, 0.1) is 17.9 Å². The first-order valence-corrected chi connectivity index (χ1v) is 10.5. The van der Waals surface area contributed by atoms with Crippen LogP contribution in [-0.2, 0) is 11.2 Å². The molecular weight excluding hydrogens is 433 g/mol. The van der Waals surface area contributed by atoms with Crippen LogP contribution in [0.15, 0.2) is 59.3 Å². The van der Waals surface area contributed by atoms with Crippen molar-refractivity contribution in [3.8, 4) is 17.1 Å². The molecule has 0 bridgehead atoms. The van der Waals surface area contributed by atoms with E-state index in [9.17, 15) is 9.18 Å². The van der Waals surface area contributed by atoms with Crippen LogP contribution in [0.4, 0.5) is 4.39 Å². The average Bonchev–Trinajstić information content (AvgIpc) is 3.40. The summed E-state index contributed by atoms with van der Waals surface area (Å²) in [6.45, 7) is 3.80. The van der Waals surface area contributed by atoms with Gasteiger partial charge in [0.15, 0.2) is 0 Å². The molecule has 0 aliphatic heterocycles. The molecule has 0 aliphatic rings. The van der Waals surface area contributed by atoms with Crippen LogP contribution in [-0.4, -0.2) is 25.8 Å². The summed E-state index contributed by atoms with van der Waals surface area (Å²) in [5.41, 5.74) is 3.29. The summed E-state index contributed by atoms with van der Waals surface area (Å²) in [6, 6.07) is 13.0. The normalized spacial score (nSPS) is 12.0. The van der Waals surface area contributed by atoms with E-state index >= 15 is 0 Å². The number of nitrogens with one attached hydrogen (secondary N) is 1. The summed E-state index contributed by atoms with van der Waals surface area (Å²) >= 11 is 5.89. The summed E-state index contributed by atoms with van der Waals surface area (Å²) < 4.78 is 20.2. The second-order valence-electron chi connectivity index (χ2n) is 7.38. The molecular formula is C23H21ClFN5O2. The van der Waals surface area contributed by atoms with Crippen LogP contribution < -0.4 is 5.32 Å². The fourth-order valence-electron chi connectivity index (χ4n) is 3.37. The third kappa shape index (κ3) is 4.86. The van der Waals surface area contributed by atoms with Crippen molar-refractivity contribution in [2.75, 3.05) is 0 Å². The number of aryl methyl sites for hydroxylation is 1. The first-order valence-electron chi connectivity index (χ1n) is 10.1. The molecule has 0 aliphatic carbocycles. The van der Waals surface area contributed by atoms with E-state index in [1.54, 1.807) is 47.3 Å². The molecule has 4 aromatic rings. The van der Waals surface area contributed by atoms with Gasteiger partial charge in [0.1, 0.15) is 5.82 Å². The van der Waals surface area contributed by atoms with E-state index in [0.29, 0.717) is 23.2 Å². The Balaban J connectivity index is 1.35. The van der Waals surface area contributed by atoms with Crippen molar-refractivity contribution in [1.29, 1.82) is 0 Å². The zero-order valence-electron chi connectivity index (χ0n) is 17.5. The summed E-state index contributed by atoms with van der Waals surface area (Å²) in [6.07, 6.45) is 2.24. The van der Waals surface area contributed by atoms with Crippen molar-refractivity contribution in [3.05, 3.63) is 82.7 Å². The Labute approximate surface area is 189 Å². The van der Waals surface area contributed by atoms with Crippen LogP contribution in [0.2, 0.25) is 5.02 Å². The van der Waals surface area contributed by atoms with Crippen molar-refractivity contribution in [2.45, 2.75) is 32.7 Å². The van der Waals surface area contributed by atoms with E-state index in [1.807, 2.05) is 13.8 Å². The highest BCUT2D eigenvalue weighted by atomic mass is 35.5. The summed E-state index contributed by atoms with van der Waals surface area (Å²) in [7, 11) is 0. The number of rotatable bonds is 7. The van der Waals surface area contributed by atoms with Gasteiger partial charge >= 0.3 is 0 Å². The number of carbonyl (C=O) groups is 1. The summed E-state index contributed by atoms with van der Waals surface area (Å²) in [4.78, 5) is 16.8. The Morgan fingerprint density at radius 1 is 1.19 bits per heavy atom. The lowest BCUT2D eigenvalue weighted by atomic mass is 10.1. The Morgan fingerprint density at radius 2 is 1.91 bits per heavy atom. The molecule has 7 nitrogen and oxygen atoms in total. The smallest absolute Gasteiger partial charge is 0.227 e. The largest absolute Gasteiger partial charge is 0.349 e. The van der Waals surface area contributed by atoms with Gasteiger partial charge in [-0.3, -0.25) is 4.79 Å². The van der Waals surface area contributed by atoms with Gasteiger partial charge in [-0.05, 0) is 62.4 Å². The standard InChI is InChI=1S/C23H21ClFN5O2/c1-14(20-13-26-30(15(20)2)19-9-7-18(25)8-10-19)27-21(31)11-12-22-28-23(29-32-22)16-3-5-17(24)6-4-16/h3-10,13-14H,11-12H2,1-2H3,(H,27,31). The van der Waals surface area contributed by atoms with E-state index in [-0.39, 0.29) is 24.2 Å². The van der Waals surface area contributed by atoms with Crippen molar-refractivity contribution < 1.29 is 13.7 Å². The molecule has 0 saturated heterocycles. The molecule has 0 radical (unpaired) electrons. The molecule has 2 heterocycles. The van der Waals surface area contributed by atoms with E-state index in [2.05, 4.69) is 20.6 Å². The SMILES string of the molecule is Cc1c(C(C)NC(=O)CCc2nc(-c3ccc(Cl)cc3)no2)cnn1-c1ccc(F)cc1. The fraction of sp³-hybridized carbons (Fsp3) is 0.217. The van der Waals surface area contributed by atoms with Gasteiger partial charge in [-0.1, -0.05) is 16.8 Å². The minimum atomic E-state index is -0.305. The third-order valence-electron chi connectivity index (χ3n) is 5.10. The lowest BCUT2D eigenvalue weighted by Gasteiger charge is -2.14. The highest BCUT2D eigenvalue weighted by molar-refractivity contribution is 6.30. The van der Waals surface area contributed by atoms with Gasteiger partial charge in [0.2, 0.25) is 17.6 Å². The minimum absolute atomic E-state index is 0.141. The predicted molar refractivity (Wildman–Crippen MR) is 118 cm³/mol. The first kappa shape index (κ1) is 21.7. The second-order valence-corrected chi connectivity index (χ2v) is 7.82. The maximum Gasteiger partial charge on any atom is 0.227 e. The van der Waals surface area contributed by atoms with Crippen molar-refractivity contribution >= 4 is 17.5 Å². The molecule has 32 heavy (non-hydrogen) atoms. The topological polar surface area (TPSA) is 85.8 Å². The molecule has 9 heteroatoms. The molecule has 2 aromatic carbocycles. The highest BCUT2D eigenvalue weighted by Gasteiger charge is 2.17. The van der Waals surface area contributed by atoms with Gasteiger partial charge in [-0.25, -0.2) is 9.07 Å². The van der Waals surface area contributed by atoms with Gasteiger partial charge in [0.25, 0.3) is 0 Å². The van der Waals surface area contributed by atoms with Crippen LogP contribution in [0.1, 0.15) is 36.5 Å². The number of benzene rings is 2. The summed E-state index contributed by atoms with van der Waals surface area (Å²) in [5.74, 6) is 0.394. The fourth-order valence-corrected chi connectivity index (χ4v) is 3.50. The number of amides is 1. The van der Waals surface area contributed by atoms with E-state index < -0.39 is 0 Å². The van der Waals surface area contributed by atoms with E-state index in [1.165, 1.54) is 12.1 Å². The van der Waals surface area contributed by atoms with Crippen LogP contribution in [0.3, 0.4) is 0 Å². The van der Waals surface area contributed by atoms with Gasteiger partial charge in [-0.2, -0.15) is 10.1 Å². The molecule has 1 N–H and O–H groups in total. The van der Waals surface area contributed by atoms with Crippen LogP contribution in [0.5, 0.6) is 0 Å². The van der Waals surface area contributed by atoms with Crippen LogP contribution in [0.25, 0.3) is 17.1 Å². The molecule has 2 aromatic heterocycles. The highest BCUT2D eigenvalue weighted by Crippen LogP contribution is 2.21. The maximum atomic E-state index is 13.2. The molecule has 1 atom stereocenters. The first-order chi connectivity index (χ1) is 15.4. The zero-order chi connectivity index (χ0) is 22.7. The number of nitrogens with zero attached hydrogens (tertiary/aromatic N) is 4. The van der Waals surface area contributed by atoms with Crippen LogP contribution >= 0.6 is 11.6 Å². The molecule has 1 unspecified atom stereocenters. The Kier molecular flexibility index (Phi) is 6.32. The molecule has 0 spiro atoms. The van der Waals surface area contributed by atoms with Crippen molar-refractivity contribution in [1.82, 2.24) is 25.2 Å². The average molecular weight is 454 g/mol. The Hall–Kier alpha value is -3.52. The summed E-state index contributed by atoms with van der Waals surface area (Å²) in [5, 5.41) is 11.9. The second kappa shape index (κ2) is 9.32. The van der Waals surface area contributed by atoms with E-state index in [4.69, 9.17) is 16.1 Å². The lowest BCUT2D eigenvalue weighted by molar-refractivity contribution is -0.121. The molecule has 4 rings (SSSR count). The number of hydrogen-bond donors (Lipinski definition) is 1. The Bertz CT molecular complexity index is 1220. The molecule has 164 valence electrons. The Morgan fingerprint density at radius 3 is 2.62 bits per heavy atom. The predicted octanol–water partition coefficient (Wildman–Crippen LogP) is 4.83. The number of halogens is 2. The van der Waals surface area contributed by atoms with Crippen LogP contribution in [0, 0.1) is 12.7 Å². The monoisotopic (exact) mass is 453 g/mol. The minimum Gasteiger partial charge on any atom is -0.349 e. The third-order valence-corrected chi connectivity index (χ3v) is 5.35. The van der Waals surface area contributed by atoms with Crippen molar-refractivity contribution in [2.24, 2.45) is 0 Å². The maximum absolute atomic E-state index is 13.2. The van der Waals surface area contributed by atoms with E-state index in [0.717, 1.165) is 22.5 Å². The van der Waals surface area contributed by atoms with Crippen molar-refractivity contribution in [3.63, 3.8) is 0 Å². The van der Waals surface area contributed by atoms with Gasteiger partial charge < -0.3 is 9.84 Å². The van der Waals surface area contributed by atoms with Gasteiger partial charge in [0, 0.05) is 34.7 Å². The quantitative estimate of drug-likeness (QED) is 0.433. The molecule has 1 amide bonds. The van der Waals surface area contributed by atoms with Gasteiger partial charge in [-0.15, -0.1) is 0 Å². The number of aromatic nitrogens is 4. The number of carbonyl (C=O) groups excluding carboxylic acids is 1. The zero-order valence-corrected chi connectivity index (χ0v) is 18.3. The lowest BCUT2D eigenvalue weighted by Crippen LogP contribution is -2.27. The molecule has 0 saturated carbocycles. The molecule has 0 fully saturated rings. The number of hydrogen-bond acceptors (Lipinski definition) is 5.